The molecule has 138 valence electrons. The molecule has 1 aliphatic rings. The van der Waals surface area contributed by atoms with Crippen molar-refractivity contribution in [2.24, 2.45) is 0 Å². The van der Waals surface area contributed by atoms with Gasteiger partial charge in [-0.15, -0.1) is 0 Å². The summed E-state index contributed by atoms with van der Waals surface area (Å²) in [4.78, 5) is 30.2. The zero-order valence-electron chi connectivity index (χ0n) is 14.6. The number of halogens is 1. The minimum absolute atomic E-state index is 0.199. The number of rotatable bonds is 3. The molecule has 1 aromatic carbocycles. The van der Waals surface area contributed by atoms with E-state index in [-0.39, 0.29) is 11.3 Å². The fourth-order valence-corrected chi connectivity index (χ4v) is 2.98. The van der Waals surface area contributed by atoms with Gasteiger partial charge < -0.3 is 15.1 Å². The second-order valence-electron chi connectivity index (χ2n) is 5.76. The number of nitriles is 1. The van der Waals surface area contributed by atoms with E-state index < -0.39 is 18.1 Å². The molecule has 27 heavy (non-hydrogen) atoms. The van der Waals surface area contributed by atoms with E-state index >= 15 is 0 Å². The lowest BCUT2D eigenvalue weighted by Gasteiger charge is -2.33. The van der Waals surface area contributed by atoms with E-state index in [2.05, 4.69) is 21.7 Å². The third-order valence-corrected chi connectivity index (χ3v) is 4.33. The smallest absolute Gasteiger partial charge is 0.330 e. The van der Waals surface area contributed by atoms with Crippen molar-refractivity contribution in [2.75, 3.05) is 6.54 Å². The standard InChI is InChI=1S/C18H16ClN5O3/c1-3-21-17(25)24-15(13(8-20)10(2)23-18(24)26)14-16(27-9-22-14)11-4-6-12(19)7-5-11/h4-7,9,15H,3H2,1-2H3,(H,21,25)(H,23,26). The first-order valence-electron chi connectivity index (χ1n) is 8.16. The third kappa shape index (κ3) is 3.37. The minimum Gasteiger partial charge on any atom is -0.443 e. The van der Waals surface area contributed by atoms with Crippen molar-refractivity contribution in [1.29, 1.82) is 5.26 Å². The van der Waals surface area contributed by atoms with Crippen molar-refractivity contribution in [2.45, 2.75) is 19.9 Å². The van der Waals surface area contributed by atoms with Crippen LogP contribution in [0, 0.1) is 11.3 Å². The summed E-state index contributed by atoms with van der Waals surface area (Å²) in [5, 5.41) is 15.3. The van der Waals surface area contributed by atoms with Crippen LogP contribution in [-0.2, 0) is 0 Å². The van der Waals surface area contributed by atoms with E-state index in [0.717, 1.165) is 4.90 Å². The number of urea groups is 2. The molecule has 0 fully saturated rings. The second kappa shape index (κ2) is 7.51. The number of hydrogen-bond acceptors (Lipinski definition) is 5. The van der Waals surface area contributed by atoms with Gasteiger partial charge in [0.2, 0.25) is 0 Å². The number of carbonyl (C=O) groups is 2. The molecule has 0 saturated heterocycles. The highest BCUT2D eigenvalue weighted by atomic mass is 35.5. The molecule has 1 aliphatic heterocycles. The Morgan fingerprint density at radius 2 is 2.15 bits per heavy atom. The van der Waals surface area contributed by atoms with Crippen LogP contribution in [0.3, 0.4) is 0 Å². The van der Waals surface area contributed by atoms with E-state index in [0.29, 0.717) is 28.6 Å². The normalized spacial score (nSPS) is 16.7. The number of oxazole rings is 1. The maximum Gasteiger partial charge on any atom is 0.330 e. The van der Waals surface area contributed by atoms with E-state index in [1.165, 1.54) is 6.39 Å². The van der Waals surface area contributed by atoms with Gasteiger partial charge in [0.05, 0.1) is 11.6 Å². The quantitative estimate of drug-likeness (QED) is 0.838. The Labute approximate surface area is 160 Å². The third-order valence-electron chi connectivity index (χ3n) is 4.08. The SMILES string of the molecule is CCNC(=O)N1C(=O)NC(C)=C(C#N)C1c1ncoc1-c1ccc(Cl)cc1. The topological polar surface area (TPSA) is 111 Å². The fourth-order valence-electron chi connectivity index (χ4n) is 2.86. The number of nitrogens with zero attached hydrogens (tertiary/aromatic N) is 3. The maximum absolute atomic E-state index is 12.5. The number of benzene rings is 1. The molecule has 3 rings (SSSR count). The van der Waals surface area contributed by atoms with Gasteiger partial charge in [0.1, 0.15) is 11.7 Å². The van der Waals surface area contributed by atoms with Crippen molar-refractivity contribution in [3.63, 3.8) is 0 Å². The minimum atomic E-state index is -1.01. The highest BCUT2D eigenvalue weighted by Gasteiger charge is 2.41. The van der Waals surface area contributed by atoms with Gasteiger partial charge in [-0.1, -0.05) is 11.6 Å². The summed E-state index contributed by atoms with van der Waals surface area (Å²) in [6.45, 7) is 3.65. The molecule has 1 unspecified atom stereocenters. The van der Waals surface area contributed by atoms with Crippen molar-refractivity contribution < 1.29 is 14.0 Å². The molecule has 0 radical (unpaired) electrons. The highest BCUT2D eigenvalue weighted by molar-refractivity contribution is 6.30. The molecule has 0 bridgehead atoms. The van der Waals surface area contributed by atoms with Gasteiger partial charge in [-0.05, 0) is 38.1 Å². The maximum atomic E-state index is 12.5. The Kier molecular flexibility index (Phi) is 5.14. The molecule has 0 spiro atoms. The van der Waals surface area contributed by atoms with Crippen LogP contribution < -0.4 is 10.6 Å². The summed E-state index contributed by atoms with van der Waals surface area (Å²) in [5.74, 6) is 0.348. The van der Waals surface area contributed by atoms with Gasteiger partial charge >= 0.3 is 12.1 Å². The van der Waals surface area contributed by atoms with Crippen molar-refractivity contribution in [3.8, 4) is 17.4 Å². The molecule has 4 amide bonds. The Morgan fingerprint density at radius 3 is 2.78 bits per heavy atom. The van der Waals surface area contributed by atoms with Crippen molar-refractivity contribution in [3.05, 3.63) is 52.6 Å². The first kappa shape index (κ1) is 18.5. The Hall–Kier alpha value is -3.31. The van der Waals surface area contributed by atoms with Gasteiger partial charge in [-0.3, -0.25) is 0 Å². The molecule has 2 N–H and O–H groups in total. The Bertz CT molecular complexity index is 958. The van der Waals surface area contributed by atoms with Gasteiger partial charge in [0.25, 0.3) is 0 Å². The zero-order chi connectivity index (χ0) is 19.6. The molecule has 2 heterocycles. The summed E-state index contributed by atoms with van der Waals surface area (Å²) in [7, 11) is 0. The number of imide groups is 1. The molecule has 1 aromatic heterocycles. The van der Waals surface area contributed by atoms with Crippen LogP contribution in [0.2, 0.25) is 5.02 Å². The first-order valence-corrected chi connectivity index (χ1v) is 8.54. The number of nitrogens with one attached hydrogen (secondary N) is 2. The van der Waals surface area contributed by atoms with E-state index in [1.807, 2.05) is 0 Å². The summed E-state index contributed by atoms with van der Waals surface area (Å²) in [5.41, 5.74) is 1.50. The van der Waals surface area contributed by atoms with Gasteiger partial charge in [0.15, 0.2) is 12.2 Å². The predicted molar refractivity (Wildman–Crippen MR) is 97.4 cm³/mol. The average molecular weight is 386 g/mol. The van der Waals surface area contributed by atoms with Crippen LogP contribution in [0.4, 0.5) is 9.59 Å². The van der Waals surface area contributed by atoms with E-state index in [4.69, 9.17) is 16.0 Å². The molecular weight excluding hydrogens is 370 g/mol. The summed E-state index contributed by atoms with van der Waals surface area (Å²) in [6, 6.07) is 6.61. The highest BCUT2D eigenvalue weighted by Crippen LogP contribution is 2.38. The van der Waals surface area contributed by atoms with Gasteiger partial charge in [0, 0.05) is 22.8 Å². The fraction of sp³-hybridized carbons (Fsp3) is 0.222. The first-order chi connectivity index (χ1) is 13.0. The zero-order valence-corrected chi connectivity index (χ0v) is 15.4. The van der Waals surface area contributed by atoms with Gasteiger partial charge in [-0.25, -0.2) is 19.5 Å². The van der Waals surface area contributed by atoms with Gasteiger partial charge in [-0.2, -0.15) is 5.26 Å². The average Bonchev–Trinajstić information content (AvgIpc) is 3.11. The molecule has 9 heteroatoms. The van der Waals surface area contributed by atoms with Crippen molar-refractivity contribution >= 4 is 23.7 Å². The number of allylic oxidation sites excluding steroid dienone is 1. The summed E-state index contributed by atoms with van der Waals surface area (Å²) < 4.78 is 5.52. The lowest BCUT2D eigenvalue weighted by Crippen LogP contribution is -2.53. The van der Waals surface area contributed by atoms with E-state index in [1.54, 1.807) is 38.1 Å². The van der Waals surface area contributed by atoms with Crippen LogP contribution in [0.1, 0.15) is 25.6 Å². The molecule has 1 atom stereocenters. The van der Waals surface area contributed by atoms with Crippen LogP contribution in [-0.4, -0.2) is 28.5 Å². The lowest BCUT2D eigenvalue weighted by molar-refractivity contribution is 0.173. The monoisotopic (exact) mass is 385 g/mol. The largest absolute Gasteiger partial charge is 0.443 e. The predicted octanol–water partition coefficient (Wildman–Crippen LogP) is 3.59. The number of aromatic nitrogens is 1. The molecule has 2 aromatic rings. The van der Waals surface area contributed by atoms with Crippen LogP contribution >= 0.6 is 11.6 Å². The molecular formula is C18H16ClN5O3. The van der Waals surface area contributed by atoms with Crippen LogP contribution in [0.15, 0.2) is 46.3 Å². The lowest BCUT2D eigenvalue weighted by atomic mass is 9.96. The summed E-state index contributed by atoms with van der Waals surface area (Å²) >= 11 is 5.93. The Balaban J connectivity index is 2.16. The van der Waals surface area contributed by atoms with E-state index in [9.17, 15) is 14.9 Å². The van der Waals surface area contributed by atoms with Crippen LogP contribution in [0.25, 0.3) is 11.3 Å². The second-order valence-corrected chi connectivity index (χ2v) is 6.20. The molecule has 8 nitrogen and oxygen atoms in total. The molecule has 0 saturated carbocycles. The van der Waals surface area contributed by atoms with Crippen LogP contribution in [0.5, 0.6) is 0 Å². The summed E-state index contributed by atoms with van der Waals surface area (Å²) in [6.07, 6.45) is 1.21. The number of carbonyl (C=O) groups excluding carboxylic acids is 2. The number of hydrogen-bond donors (Lipinski definition) is 2. The van der Waals surface area contributed by atoms with Crippen molar-refractivity contribution in [1.82, 2.24) is 20.5 Å². The molecule has 0 aliphatic carbocycles. The number of amides is 4. The Morgan fingerprint density at radius 1 is 1.44 bits per heavy atom.